The van der Waals surface area contributed by atoms with E-state index in [9.17, 15) is 66.3 Å². The Bertz CT molecular complexity index is 3250. The molecule has 22 nitrogen and oxygen atoms in total. The average Bonchev–Trinajstić information content (AvgIpc) is 3.53. The van der Waals surface area contributed by atoms with Crippen molar-refractivity contribution in [1.29, 1.82) is 0 Å². The number of imide groups is 1. The topological polar surface area (TPSA) is 323 Å². The molecule has 4 aliphatic heterocycles. The Morgan fingerprint density at radius 3 is 2.34 bits per heavy atom. The van der Waals surface area contributed by atoms with Crippen LogP contribution in [0.5, 0.6) is 0 Å². The molecule has 4 aliphatic rings. The first-order valence-corrected chi connectivity index (χ1v) is 29.6. The van der Waals surface area contributed by atoms with E-state index in [1.807, 2.05) is 11.0 Å². The Labute approximate surface area is 477 Å². The van der Waals surface area contributed by atoms with Crippen LogP contribution >= 0.6 is 7.60 Å². The highest BCUT2D eigenvalue weighted by molar-refractivity contribution is 7.52. The van der Waals surface area contributed by atoms with E-state index >= 15 is 0 Å². The van der Waals surface area contributed by atoms with Crippen molar-refractivity contribution in [2.45, 2.75) is 145 Å². The second kappa shape index (κ2) is 27.0. The summed E-state index contributed by atoms with van der Waals surface area (Å²) in [5.74, 6) is 1.34. The van der Waals surface area contributed by atoms with Crippen molar-refractivity contribution in [3.8, 4) is 11.8 Å². The minimum Gasteiger partial charge on any atom is -0.370 e. The molecule has 25 heteroatoms. The van der Waals surface area contributed by atoms with Gasteiger partial charge in [0.25, 0.3) is 11.8 Å². The van der Waals surface area contributed by atoms with Crippen LogP contribution in [0.4, 0.5) is 8.78 Å². The summed E-state index contributed by atoms with van der Waals surface area (Å²) in [6.45, 7) is 1.09. The van der Waals surface area contributed by atoms with Gasteiger partial charge in [0.05, 0.1) is 5.56 Å². The summed E-state index contributed by atoms with van der Waals surface area (Å²) in [6, 6.07) is 10.6. The summed E-state index contributed by atoms with van der Waals surface area (Å²) in [7, 11) is -4.12. The van der Waals surface area contributed by atoms with Gasteiger partial charge in [0.1, 0.15) is 30.2 Å². The van der Waals surface area contributed by atoms with Crippen LogP contribution in [0.25, 0.3) is 10.9 Å². The van der Waals surface area contributed by atoms with Crippen molar-refractivity contribution in [3.63, 3.8) is 0 Å². The lowest BCUT2D eigenvalue weighted by Crippen LogP contribution is -2.61. The first kappa shape index (κ1) is 61.2. The number of rotatable bonds is 23. The third-order valence-electron chi connectivity index (χ3n) is 15.7. The minimum atomic E-state index is -5.88. The normalized spacial score (nSPS) is 20.0. The average molecular weight is 1170 g/mol. The molecule has 9 amide bonds. The van der Waals surface area contributed by atoms with Gasteiger partial charge in [-0.05, 0) is 87.9 Å². The lowest BCUT2D eigenvalue weighted by Gasteiger charge is -2.38. The third-order valence-corrected chi connectivity index (χ3v) is 16.7. The van der Waals surface area contributed by atoms with Gasteiger partial charge in [-0.15, -0.1) is 0 Å². The zero-order valence-electron chi connectivity index (χ0n) is 45.9. The fourth-order valence-electron chi connectivity index (χ4n) is 11.2. The quantitative estimate of drug-likeness (QED) is 0.0221. The summed E-state index contributed by atoms with van der Waals surface area (Å²) in [4.78, 5) is 146. The summed E-state index contributed by atoms with van der Waals surface area (Å²) >= 11 is 0. The number of amides is 9. The zero-order valence-corrected chi connectivity index (χ0v) is 46.8. The standard InChI is InChI=1S/C58H69F2N10O12P/c1-68-30-28-38-21-24-47(70(38)57(79)45(34-68)65-51(73)41-32-63-44-31-37(20-22-39(41)44)58(59,60)83(80,81)82)54(76)64-43(23-26-48(61)71)52(74)67-50(36-16-11-9-12-17-36)55(77)62-29-13-8-6-4-2-3-5-7-10-15-35-18-14-19-40-42(35)33-69(56(40)78)46-25-27-49(72)66-53(46)75/h9,11-12,14,16-20,22,31-32,38,43,45-47,50,63H,2-8,13,21,23-30,33-34H2,1H3,(H2,61,71)(H,62,77)(H,64,76)(H,65,73)(H,67,74)(H,66,72,75)(H2,80,81,82)/t38-,43+,45+,46?,47+,50+/m1/s1. The highest BCUT2D eigenvalue weighted by Crippen LogP contribution is 2.59. The molecular weight excluding hydrogens is 1100 g/mol. The van der Waals surface area contributed by atoms with Crippen molar-refractivity contribution in [1.82, 2.24) is 46.3 Å². The van der Waals surface area contributed by atoms with Crippen molar-refractivity contribution >= 4 is 71.7 Å². The summed E-state index contributed by atoms with van der Waals surface area (Å²) in [5.41, 5.74) is 2.51. The van der Waals surface area contributed by atoms with Gasteiger partial charge in [0, 0.05) is 78.7 Å². The molecule has 0 saturated carbocycles. The van der Waals surface area contributed by atoms with E-state index in [4.69, 9.17) is 5.73 Å². The van der Waals surface area contributed by atoms with E-state index in [1.54, 1.807) is 49.5 Å². The SMILES string of the molecule is CN1CC[C@H]2CC[C@@H](C(=O)N[C@@H](CCC(N)=O)C(=O)N[C@H](C(=O)NCCCCCCCCCC#Cc3cccc4c3CN(C3CCC(=O)NC3=O)C4=O)c3ccccc3)N2C(=O)[C@@H](NC(=O)c2c[nH]c3cc(C(F)(F)P(=O)(O)O)ccc23)C1. The molecule has 0 radical (unpaired) electrons. The molecule has 3 saturated heterocycles. The van der Waals surface area contributed by atoms with Crippen molar-refractivity contribution in [3.05, 3.63) is 106 Å². The van der Waals surface area contributed by atoms with Crippen LogP contribution < -0.4 is 32.3 Å². The molecule has 0 spiro atoms. The van der Waals surface area contributed by atoms with E-state index in [-0.39, 0.29) is 73.5 Å². The van der Waals surface area contributed by atoms with Gasteiger partial charge in [-0.2, -0.15) is 8.78 Å². The Balaban J connectivity index is 0.815. The highest BCUT2D eigenvalue weighted by Gasteiger charge is 2.51. The lowest BCUT2D eigenvalue weighted by atomic mass is 10.0. The molecule has 1 aromatic heterocycles. The third kappa shape index (κ3) is 14.7. The largest absolute Gasteiger partial charge is 0.399 e. The van der Waals surface area contributed by atoms with Crippen LogP contribution in [0.3, 0.4) is 0 Å². The van der Waals surface area contributed by atoms with Gasteiger partial charge in [-0.1, -0.05) is 92.5 Å². The number of likely N-dealkylation sites (N-methyl/N-ethyl adjacent to an activating group) is 1. The molecule has 442 valence electrons. The molecule has 0 aliphatic carbocycles. The number of carbonyl (C=O) groups excluding carboxylic acids is 9. The van der Waals surface area contributed by atoms with Crippen LogP contribution in [0.1, 0.15) is 145 Å². The van der Waals surface area contributed by atoms with Crippen molar-refractivity contribution in [2.75, 3.05) is 26.7 Å². The number of alkyl halides is 2. The number of fused-ring (bicyclic) bond motifs is 3. The number of nitrogens with zero attached hydrogens (tertiary/aromatic N) is 3. The first-order valence-electron chi connectivity index (χ1n) is 28.0. The Hall–Kier alpha value is -7.84. The monoisotopic (exact) mass is 1170 g/mol. The number of benzene rings is 3. The number of aromatic nitrogens is 1. The number of hydrogen-bond donors (Lipinski definition) is 9. The van der Waals surface area contributed by atoms with E-state index in [1.165, 1.54) is 16.0 Å². The van der Waals surface area contributed by atoms with E-state index in [2.05, 4.69) is 43.4 Å². The number of nitrogens with one attached hydrogen (secondary N) is 6. The van der Waals surface area contributed by atoms with Gasteiger partial charge in [-0.3, -0.25) is 53.0 Å². The first-order chi connectivity index (χ1) is 39.6. The second-order valence-corrected chi connectivity index (χ2v) is 23.2. The number of hydrogen-bond acceptors (Lipinski definition) is 11. The van der Waals surface area contributed by atoms with Crippen LogP contribution in [-0.2, 0) is 50.3 Å². The summed E-state index contributed by atoms with van der Waals surface area (Å²) in [5, 5.41) is 13.6. The maximum Gasteiger partial charge on any atom is 0.399 e. The molecule has 6 atom stereocenters. The zero-order chi connectivity index (χ0) is 59.6. The van der Waals surface area contributed by atoms with E-state index in [0.29, 0.717) is 49.9 Å². The molecule has 1 unspecified atom stereocenters. The molecule has 8 rings (SSSR count). The lowest BCUT2D eigenvalue weighted by molar-refractivity contribution is -0.144. The Morgan fingerprint density at radius 2 is 1.61 bits per heavy atom. The number of nitrogens with two attached hydrogens (primary N) is 1. The maximum absolute atomic E-state index is 14.5. The van der Waals surface area contributed by atoms with E-state index < -0.39 is 96.4 Å². The second-order valence-electron chi connectivity index (χ2n) is 21.6. The number of carbonyl (C=O) groups is 9. The smallest absolute Gasteiger partial charge is 0.370 e. The Kier molecular flexibility index (Phi) is 19.9. The number of aromatic amines is 1. The van der Waals surface area contributed by atoms with E-state index in [0.717, 1.165) is 67.9 Å². The highest BCUT2D eigenvalue weighted by atomic mass is 31.2. The van der Waals surface area contributed by atoms with Crippen LogP contribution in [0.2, 0.25) is 0 Å². The molecular formula is C58H69F2N10O12P. The van der Waals surface area contributed by atoms with Gasteiger partial charge in [0.15, 0.2) is 0 Å². The molecule has 3 fully saturated rings. The predicted octanol–water partition coefficient (Wildman–Crippen LogP) is 3.85. The van der Waals surface area contributed by atoms with Gasteiger partial charge in [0.2, 0.25) is 41.4 Å². The number of primary amides is 1. The number of unbranched alkanes of at least 4 members (excludes halogenated alkanes) is 7. The molecule has 4 aromatic rings. The number of piperidine rings is 1. The molecule has 0 bridgehead atoms. The van der Waals surface area contributed by atoms with Crippen LogP contribution in [0.15, 0.2) is 72.9 Å². The fourth-order valence-corrected chi connectivity index (χ4v) is 11.7. The maximum atomic E-state index is 14.5. The minimum absolute atomic E-state index is 0.0183. The molecule has 83 heavy (non-hydrogen) atoms. The van der Waals surface area contributed by atoms with Crippen molar-refractivity contribution in [2.24, 2.45) is 5.73 Å². The summed E-state index contributed by atoms with van der Waals surface area (Å²) in [6.07, 6.45) is 9.19. The van der Waals surface area contributed by atoms with Crippen LogP contribution in [-0.4, -0.2) is 140 Å². The van der Waals surface area contributed by atoms with Gasteiger partial charge < -0.3 is 56.5 Å². The predicted molar refractivity (Wildman–Crippen MR) is 298 cm³/mol. The number of H-pyrrole nitrogens is 1. The fraction of sp³-hybridized carbons (Fsp3) is 0.466. The van der Waals surface area contributed by atoms with Gasteiger partial charge >= 0.3 is 13.3 Å². The van der Waals surface area contributed by atoms with Crippen LogP contribution in [0, 0.1) is 11.8 Å². The Morgan fingerprint density at radius 1 is 0.880 bits per heavy atom. The molecule has 3 aromatic carbocycles. The number of halogens is 2. The molecule has 10 N–H and O–H groups in total. The molecule has 5 heterocycles. The van der Waals surface area contributed by atoms with Crippen molar-refractivity contribution < 1.29 is 66.3 Å². The summed E-state index contributed by atoms with van der Waals surface area (Å²) < 4.78 is 40.6. The van der Waals surface area contributed by atoms with Gasteiger partial charge in [-0.25, -0.2) is 0 Å².